The molecule has 2 aromatic carbocycles. The molecular weight excluding hydrogens is 312 g/mol. The van der Waals surface area contributed by atoms with E-state index in [1.165, 1.54) is 5.56 Å². The normalized spacial score (nSPS) is 17.6. The van der Waals surface area contributed by atoms with Gasteiger partial charge in [-0.3, -0.25) is 9.69 Å². The quantitative estimate of drug-likeness (QED) is 0.881. The Kier molecular flexibility index (Phi) is 6.20. The van der Waals surface area contributed by atoms with E-state index in [2.05, 4.69) is 41.4 Å². The highest BCUT2D eigenvalue weighted by atomic mass is 16.5. The molecule has 1 aliphatic rings. The van der Waals surface area contributed by atoms with Gasteiger partial charge in [0.25, 0.3) is 0 Å². The predicted octanol–water partition coefficient (Wildman–Crippen LogP) is 2.81. The van der Waals surface area contributed by atoms with Crippen LogP contribution < -0.4 is 5.32 Å². The van der Waals surface area contributed by atoms with Gasteiger partial charge in [-0.1, -0.05) is 60.7 Å². The molecule has 25 heavy (non-hydrogen) atoms. The lowest BCUT2D eigenvalue weighted by Gasteiger charge is -2.38. The average molecular weight is 338 g/mol. The lowest BCUT2D eigenvalue weighted by atomic mass is 9.97. The zero-order valence-electron chi connectivity index (χ0n) is 14.7. The molecule has 0 aromatic heterocycles. The van der Waals surface area contributed by atoms with Crippen molar-refractivity contribution in [1.29, 1.82) is 0 Å². The van der Waals surface area contributed by atoms with Crippen LogP contribution in [-0.4, -0.2) is 43.2 Å². The molecule has 4 nitrogen and oxygen atoms in total. The molecule has 0 unspecified atom stereocenters. The van der Waals surface area contributed by atoms with Gasteiger partial charge >= 0.3 is 0 Å². The molecule has 1 aliphatic heterocycles. The van der Waals surface area contributed by atoms with Crippen LogP contribution in [0.4, 0.5) is 0 Å². The van der Waals surface area contributed by atoms with E-state index >= 15 is 0 Å². The van der Waals surface area contributed by atoms with Crippen molar-refractivity contribution >= 4 is 5.91 Å². The molecule has 0 saturated carbocycles. The van der Waals surface area contributed by atoms with Crippen molar-refractivity contribution in [3.8, 4) is 0 Å². The van der Waals surface area contributed by atoms with Gasteiger partial charge in [0.05, 0.1) is 25.7 Å². The number of amides is 1. The van der Waals surface area contributed by atoms with Crippen LogP contribution in [0.1, 0.15) is 24.1 Å². The third-order valence-corrected chi connectivity index (χ3v) is 4.65. The maximum atomic E-state index is 12.5. The highest BCUT2D eigenvalue weighted by Crippen LogP contribution is 2.25. The number of ether oxygens (including phenoxy) is 1. The van der Waals surface area contributed by atoms with E-state index in [1.807, 2.05) is 36.4 Å². The number of morpholine rings is 1. The number of rotatable bonds is 6. The summed E-state index contributed by atoms with van der Waals surface area (Å²) in [6.07, 6.45) is 0.413. The minimum Gasteiger partial charge on any atom is -0.379 e. The summed E-state index contributed by atoms with van der Waals surface area (Å²) in [5.74, 6) is 0.0629. The Morgan fingerprint density at radius 1 is 1.04 bits per heavy atom. The number of nitrogens with one attached hydrogen (secondary N) is 1. The number of benzene rings is 2. The second kappa shape index (κ2) is 8.79. The number of carbonyl (C=O) groups excluding carboxylic acids is 1. The molecule has 1 N–H and O–H groups in total. The number of hydrogen-bond donors (Lipinski definition) is 1. The lowest BCUT2D eigenvalue weighted by molar-refractivity contribution is -0.121. The number of hydrogen-bond acceptors (Lipinski definition) is 3. The average Bonchev–Trinajstić information content (AvgIpc) is 2.64. The first-order chi connectivity index (χ1) is 12.2. The molecular formula is C21H26N2O2. The number of carbonyl (C=O) groups is 1. The molecule has 1 heterocycles. The van der Waals surface area contributed by atoms with Gasteiger partial charge in [-0.05, 0) is 18.1 Å². The van der Waals surface area contributed by atoms with Crippen molar-refractivity contribution < 1.29 is 9.53 Å². The van der Waals surface area contributed by atoms with Gasteiger partial charge in [0.15, 0.2) is 0 Å². The molecule has 1 fully saturated rings. The van der Waals surface area contributed by atoms with Gasteiger partial charge in [0.2, 0.25) is 5.91 Å². The van der Waals surface area contributed by atoms with Crippen molar-refractivity contribution in [2.24, 2.45) is 0 Å². The monoisotopic (exact) mass is 338 g/mol. The molecule has 0 radical (unpaired) electrons. The summed E-state index contributed by atoms with van der Waals surface area (Å²) in [5.41, 5.74) is 2.27. The zero-order chi connectivity index (χ0) is 17.5. The van der Waals surface area contributed by atoms with Crippen LogP contribution >= 0.6 is 0 Å². The molecule has 132 valence electrons. The van der Waals surface area contributed by atoms with Crippen LogP contribution in [0.25, 0.3) is 0 Å². The van der Waals surface area contributed by atoms with Crippen LogP contribution in [-0.2, 0) is 16.0 Å². The Hall–Kier alpha value is -2.17. The third-order valence-electron chi connectivity index (χ3n) is 4.65. The predicted molar refractivity (Wildman–Crippen MR) is 99.3 cm³/mol. The zero-order valence-corrected chi connectivity index (χ0v) is 14.7. The molecule has 0 spiro atoms. The minimum atomic E-state index is 0.0247. The summed E-state index contributed by atoms with van der Waals surface area (Å²) < 4.78 is 5.50. The van der Waals surface area contributed by atoms with E-state index in [0.717, 1.165) is 31.9 Å². The van der Waals surface area contributed by atoms with Gasteiger partial charge in [-0.25, -0.2) is 0 Å². The fraction of sp³-hybridized carbons (Fsp3) is 0.381. The van der Waals surface area contributed by atoms with Crippen LogP contribution in [0.3, 0.4) is 0 Å². The number of nitrogens with zero attached hydrogens (tertiary/aromatic N) is 1. The van der Waals surface area contributed by atoms with Crippen molar-refractivity contribution in [1.82, 2.24) is 10.2 Å². The third kappa shape index (κ3) is 4.91. The molecule has 2 atom stereocenters. The first-order valence-corrected chi connectivity index (χ1v) is 8.94. The van der Waals surface area contributed by atoms with E-state index < -0.39 is 0 Å². The summed E-state index contributed by atoms with van der Waals surface area (Å²) in [7, 11) is 0. The van der Waals surface area contributed by atoms with E-state index in [1.54, 1.807) is 0 Å². The Bertz CT molecular complexity index is 654. The summed E-state index contributed by atoms with van der Waals surface area (Å²) in [4.78, 5) is 14.9. The first kappa shape index (κ1) is 17.6. The largest absolute Gasteiger partial charge is 0.379 e. The van der Waals surface area contributed by atoms with Gasteiger partial charge in [0.1, 0.15) is 0 Å². The molecule has 1 amide bonds. The van der Waals surface area contributed by atoms with Crippen LogP contribution in [0.2, 0.25) is 0 Å². The van der Waals surface area contributed by atoms with Crippen molar-refractivity contribution in [2.75, 3.05) is 26.3 Å². The molecule has 4 heteroatoms. The fourth-order valence-corrected chi connectivity index (χ4v) is 3.49. The van der Waals surface area contributed by atoms with E-state index in [-0.39, 0.29) is 18.0 Å². The summed E-state index contributed by atoms with van der Waals surface area (Å²) >= 11 is 0. The Morgan fingerprint density at radius 3 is 2.28 bits per heavy atom. The van der Waals surface area contributed by atoms with Gasteiger partial charge in [-0.15, -0.1) is 0 Å². The maximum Gasteiger partial charge on any atom is 0.224 e. The van der Waals surface area contributed by atoms with Gasteiger partial charge in [-0.2, -0.15) is 0 Å². The van der Waals surface area contributed by atoms with Crippen LogP contribution in [0.15, 0.2) is 60.7 Å². The molecule has 1 saturated heterocycles. The van der Waals surface area contributed by atoms with Gasteiger partial charge < -0.3 is 10.1 Å². The van der Waals surface area contributed by atoms with Crippen molar-refractivity contribution in [3.05, 3.63) is 71.8 Å². The SMILES string of the molecule is C[C@H](NC(=O)Cc1ccccc1)[C@@H](c1ccccc1)N1CCOCC1. The summed E-state index contributed by atoms with van der Waals surface area (Å²) in [6, 6.07) is 20.5. The van der Waals surface area contributed by atoms with E-state index in [0.29, 0.717) is 6.42 Å². The smallest absolute Gasteiger partial charge is 0.224 e. The summed E-state index contributed by atoms with van der Waals surface area (Å²) in [5, 5.41) is 3.20. The Morgan fingerprint density at radius 2 is 1.64 bits per heavy atom. The molecule has 3 rings (SSSR count). The standard InChI is InChI=1S/C21H26N2O2/c1-17(22-20(24)16-18-8-4-2-5-9-18)21(19-10-6-3-7-11-19)23-12-14-25-15-13-23/h2-11,17,21H,12-16H2,1H3,(H,22,24)/t17-,21-/m0/s1. The highest BCUT2D eigenvalue weighted by molar-refractivity contribution is 5.78. The first-order valence-electron chi connectivity index (χ1n) is 8.94. The minimum absolute atomic E-state index is 0.0247. The molecule has 2 aromatic rings. The molecule has 0 aliphatic carbocycles. The van der Waals surface area contributed by atoms with Crippen LogP contribution in [0, 0.1) is 0 Å². The maximum absolute atomic E-state index is 12.5. The van der Waals surface area contributed by atoms with E-state index in [4.69, 9.17) is 4.74 Å². The van der Waals surface area contributed by atoms with Gasteiger partial charge in [0, 0.05) is 19.1 Å². The fourth-order valence-electron chi connectivity index (χ4n) is 3.49. The van der Waals surface area contributed by atoms with Crippen LogP contribution in [0.5, 0.6) is 0 Å². The topological polar surface area (TPSA) is 41.6 Å². The lowest BCUT2D eigenvalue weighted by Crippen LogP contribution is -2.48. The van der Waals surface area contributed by atoms with E-state index in [9.17, 15) is 4.79 Å². The second-order valence-corrected chi connectivity index (χ2v) is 6.52. The highest BCUT2D eigenvalue weighted by Gasteiger charge is 2.28. The Labute approximate surface area is 149 Å². The molecule has 0 bridgehead atoms. The van der Waals surface area contributed by atoms with Crippen molar-refractivity contribution in [3.63, 3.8) is 0 Å². The Balaban J connectivity index is 1.70. The second-order valence-electron chi connectivity index (χ2n) is 6.52. The van der Waals surface area contributed by atoms with Crippen molar-refractivity contribution in [2.45, 2.75) is 25.4 Å². The summed E-state index contributed by atoms with van der Waals surface area (Å²) in [6.45, 7) is 5.36.